The number of likely N-dealkylation sites (N-methyl/N-ethyl adjacent to an activating group) is 1. The highest BCUT2D eigenvalue weighted by Gasteiger charge is 2.19. The molecule has 2 aromatic rings. The number of hydrogen-bond acceptors (Lipinski definition) is 3. The molecule has 0 spiro atoms. The number of carbonyl (C=O) groups is 1. The Morgan fingerprint density at radius 2 is 2.15 bits per heavy atom. The molecule has 0 aliphatic rings. The van der Waals surface area contributed by atoms with Crippen molar-refractivity contribution < 1.29 is 4.79 Å². The summed E-state index contributed by atoms with van der Waals surface area (Å²) in [6.07, 6.45) is 1.53. The van der Waals surface area contributed by atoms with E-state index < -0.39 is 0 Å². The molecule has 0 radical (unpaired) electrons. The van der Waals surface area contributed by atoms with Gasteiger partial charge >= 0.3 is 0 Å². The summed E-state index contributed by atoms with van der Waals surface area (Å²) in [4.78, 5) is 14.6. The Balaban J connectivity index is 2.32. The third-order valence-electron chi connectivity index (χ3n) is 3.05. The number of nitrogens with zero attached hydrogens (tertiary/aromatic N) is 3. The first kappa shape index (κ1) is 14.8. The smallest absolute Gasteiger partial charge is 0.212 e. The van der Waals surface area contributed by atoms with Crippen molar-refractivity contribution in [1.29, 1.82) is 0 Å². The molecular formula is C15H18ClN3O. The van der Waals surface area contributed by atoms with Crippen LogP contribution in [-0.4, -0.2) is 41.1 Å². The lowest BCUT2D eigenvalue weighted by Crippen LogP contribution is -2.21. The molecular weight excluding hydrogens is 274 g/mol. The Kier molecular flexibility index (Phi) is 4.57. The number of rotatable bonds is 5. The van der Waals surface area contributed by atoms with Crippen LogP contribution in [0.4, 0.5) is 0 Å². The first-order chi connectivity index (χ1) is 9.49. The molecule has 0 unspecified atom stereocenters. The van der Waals surface area contributed by atoms with Crippen molar-refractivity contribution in [1.82, 2.24) is 14.7 Å². The van der Waals surface area contributed by atoms with E-state index in [4.69, 9.17) is 11.6 Å². The summed E-state index contributed by atoms with van der Waals surface area (Å²) >= 11 is 6.13. The molecule has 1 heterocycles. The Morgan fingerprint density at radius 3 is 2.80 bits per heavy atom. The number of aryl methyl sites for hydroxylation is 1. The largest absolute Gasteiger partial charge is 0.308 e. The molecule has 0 aliphatic heterocycles. The Bertz CT molecular complexity index is 619. The lowest BCUT2D eigenvalue weighted by Gasteiger charge is -2.12. The van der Waals surface area contributed by atoms with Crippen LogP contribution in [0.2, 0.25) is 5.02 Å². The van der Waals surface area contributed by atoms with Crippen LogP contribution in [0.15, 0.2) is 30.5 Å². The van der Waals surface area contributed by atoms with Gasteiger partial charge in [-0.05, 0) is 27.1 Å². The van der Waals surface area contributed by atoms with Crippen molar-refractivity contribution in [2.75, 3.05) is 20.6 Å². The zero-order valence-electron chi connectivity index (χ0n) is 11.9. The third-order valence-corrected chi connectivity index (χ3v) is 3.33. The summed E-state index contributed by atoms with van der Waals surface area (Å²) in [5.74, 6) is -0.0880. The van der Waals surface area contributed by atoms with Crippen molar-refractivity contribution in [3.8, 4) is 0 Å². The van der Waals surface area contributed by atoms with E-state index in [-0.39, 0.29) is 5.78 Å². The maximum atomic E-state index is 12.6. The van der Waals surface area contributed by atoms with Gasteiger partial charge in [-0.25, -0.2) is 0 Å². The number of hydrogen-bond donors (Lipinski definition) is 0. The first-order valence-corrected chi connectivity index (χ1v) is 6.84. The van der Waals surface area contributed by atoms with Crippen LogP contribution in [0.5, 0.6) is 0 Å². The Labute approximate surface area is 124 Å². The summed E-state index contributed by atoms with van der Waals surface area (Å²) in [6, 6.07) is 7.50. The molecule has 0 bridgehead atoms. The zero-order valence-corrected chi connectivity index (χ0v) is 12.7. The molecule has 4 nitrogen and oxygen atoms in total. The van der Waals surface area contributed by atoms with E-state index in [1.54, 1.807) is 10.7 Å². The molecule has 1 aromatic heterocycles. The van der Waals surface area contributed by atoms with Crippen LogP contribution in [0.3, 0.4) is 0 Å². The van der Waals surface area contributed by atoms with Gasteiger partial charge < -0.3 is 4.90 Å². The molecule has 0 saturated carbocycles. The Morgan fingerprint density at radius 1 is 1.40 bits per heavy atom. The highest BCUT2D eigenvalue weighted by molar-refractivity contribution is 6.34. The molecule has 0 amide bonds. The maximum Gasteiger partial charge on any atom is 0.212 e. The van der Waals surface area contributed by atoms with E-state index in [9.17, 15) is 4.79 Å². The summed E-state index contributed by atoms with van der Waals surface area (Å²) in [7, 11) is 3.96. The predicted molar refractivity (Wildman–Crippen MR) is 80.4 cm³/mol. The summed E-state index contributed by atoms with van der Waals surface area (Å²) in [5, 5.41) is 4.59. The molecule has 106 valence electrons. The van der Waals surface area contributed by atoms with Crippen LogP contribution in [0, 0.1) is 6.92 Å². The zero-order chi connectivity index (χ0) is 14.7. The van der Waals surface area contributed by atoms with Gasteiger partial charge in [0.25, 0.3) is 0 Å². The maximum absolute atomic E-state index is 12.6. The van der Waals surface area contributed by atoms with Crippen LogP contribution in [0.1, 0.15) is 21.6 Å². The first-order valence-electron chi connectivity index (χ1n) is 6.46. The number of ketones is 1. The van der Waals surface area contributed by atoms with Crippen LogP contribution < -0.4 is 0 Å². The van der Waals surface area contributed by atoms with E-state index in [0.29, 0.717) is 22.8 Å². The van der Waals surface area contributed by atoms with Gasteiger partial charge in [-0.1, -0.05) is 35.4 Å². The molecule has 2 rings (SSSR count). The number of halogens is 1. The minimum atomic E-state index is -0.0880. The fraction of sp³-hybridized carbons (Fsp3) is 0.333. The van der Waals surface area contributed by atoms with E-state index >= 15 is 0 Å². The average molecular weight is 292 g/mol. The van der Waals surface area contributed by atoms with Gasteiger partial charge in [0, 0.05) is 12.1 Å². The highest BCUT2D eigenvalue weighted by atomic mass is 35.5. The third kappa shape index (κ3) is 3.26. The van der Waals surface area contributed by atoms with Crippen molar-refractivity contribution >= 4 is 17.4 Å². The van der Waals surface area contributed by atoms with Gasteiger partial charge in [0.15, 0.2) is 0 Å². The van der Waals surface area contributed by atoms with Crippen molar-refractivity contribution in [3.63, 3.8) is 0 Å². The van der Waals surface area contributed by atoms with Gasteiger partial charge in [-0.15, -0.1) is 0 Å². The van der Waals surface area contributed by atoms with Crippen LogP contribution in [0.25, 0.3) is 0 Å². The monoisotopic (exact) mass is 291 g/mol. The molecule has 0 saturated heterocycles. The lowest BCUT2D eigenvalue weighted by atomic mass is 10.1. The second-order valence-corrected chi connectivity index (χ2v) is 5.47. The summed E-state index contributed by atoms with van der Waals surface area (Å²) < 4.78 is 1.67. The van der Waals surface area contributed by atoms with Crippen LogP contribution >= 0.6 is 11.6 Å². The standard InChI is InChI=1S/C15H18ClN3O/c1-11-5-4-6-12(9-11)15(20)14-13(16)10-17-19(14)8-7-18(2)3/h4-6,9-10H,7-8H2,1-3H3. The average Bonchev–Trinajstić information content (AvgIpc) is 2.76. The number of aromatic nitrogens is 2. The minimum Gasteiger partial charge on any atom is -0.308 e. The molecule has 0 N–H and O–H groups in total. The van der Waals surface area contributed by atoms with E-state index in [0.717, 1.165) is 12.1 Å². The van der Waals surface area contributed by atoms with Crippen molar-refractivity contribution in [2.45, 2.75) is 13.5 Å². The van der Waals surface area contributed by atoms with E-state index in [1.807, 2.05) is 44.1 Å². The summed E-state index contributed by atoms with van der Waals surface area (Å²) in [6.45, 7) is 3.39. The fourth-order valence-corrected chi connectivity index (χ4v) is 2.20. The molecule has 5 heteroatoms. The predicted octanol–water partition coefficient (Wildman–Crippen LogP) is 2.64. The van der Waals surface area contributed by atoms with E-state index in [2.05, 4.69) is 5.10 Å². The molecule has 20 heavy (non-hydrogen) atoms. The van der Waals surface area contributed by atoms with Gasteiger partial charge in [0.1, 0.15) is 5.69 Å². The number of benzene rings is 1. The van der Waals surface area contributed by atoms with Crippen molar-refractivity contribution in [3.05, 3.63) is 52.3 Å². The van der Waals surface area contributed by atoms with E-state index in [1.165, 1.54) is 6.20 Å². The second kappa shape index (κ2) is 6.20. The molecule has 0 fully saturated rings. The SMILES string of the molecule is Cc1cccc(C(=O)c2c(Cl)cnn2CCN(C)C)c1. The normalized spacial score (nSPS) is 11.1. The second-order valence-electron chi connectivity index (χ2n) is 5.07. The number of carbonyl (C=O) groups excluding carboxylic acids is 1. The van der Waals surface area contributed by atoms with Gasteiger partial charge in [-0.3, -0.25) is 9.48 Å². The Hall–Kier alpha value is -1.65. The lowest BCUT2D eigenvalue weighted by molar-refractivity contribution is 0.102. The van der Waals surface area contributed by atoms with Crippen molar-refractivity contribution in [2.24, 2.45) is 0 Å². The fourth-order valence-electron chi connectivity index (χ4n) is 1.98. The minimum absolute atomic E-state index is 0.0880. The van der Waals surface area contributed by atoms with Gasteiger partial charge in [-0.2, -0.15) is 5.10 Å². The quantitative estimate of drug-likeness (QED) is 0.795. The molecule has 0 atom stereocenters. The van der Waals surface area contributed by atoms with Gasteiger partial charge in [0.2, 0.25) is 5.78 Å². The molecule has 0 aliphatic carbocycles. The van der Waals surface area contributed by atoms with Crippen LogP contribution in [-0.2, 0) is 6.54 Å². The topological polar surface area (TPSA) is 38.1 Å². The van der Waals surface area contributed by atoms with Gasteiger partial charge in [0.05, 0.1) is 17.8 Å². The highest BCUT2D eigenvalue weighted by Crippen LogP contribution is 2.19. The summed E-state index contributed by atoms with van der Waals surface area (Å²) in [5.41, 5.74) is 2.14. The molecule has 1 aromatic carbocycles.